The van der Waals surface area contributed by atoms with Crippen LogP contribution in [0.15, 0.2) is 65.9 Å². The average molecular weight is 480 g/mol. The third-order valence-corrected chi connectivity index (χ3v) is 6.25. The number of esters is 1. The molecule has 6 nitrogen and oxygen atoms in total. The number of amides is 1. The molecule has 0 aliphatic carbocycles. The molecule has 0 fully saturated rings. The summed E-state index contributed by atoms with van der Waals surface area (Å²) in [5.74, 6) is -0.632. The molecule has 2 atom stereocenters. The molecule has 1 amide bonds. The fraction of sp³-hybridized carbons (Fsp3) is 0.370. The number of thiocarbonyl (C=S) groups is 1. The number of carbonyl (C=O) groups is 2. The highest BCUT2D eigenvalue weighted by atomic mass is 32.1. The van der Waals surface area contributed by atoms with E-state index in [9.17, 15) is 9.59 Å². The molecule has 0 saturated carbocycles. The standard InChI is InChI=1S/C27H33N3O3S/c1-6-22(19-11-9-8-10-12-19)25(31)28-21-15-13-20(14-16-21)24-23(26(32)33-17(3)4)18(5)30(7-2)27(34)29-24/h8-17,22,24H,6-7H2,1-5H3,(H,28,31)(H,29,34)/t22-,24+/m0/s1. The van der Waals surface area contributed by atoms with Crippen LogP contribution in [0, 0.1) is 0 Å². The Balaban J connectivity index is 1.84. The Bertz CT molecular complexity index is 1060. The molecule has 0 unspecified atom stereocenters. The van der Waals surface area contributed by atoms with E-state index in [0.717, 1.165) is 16.8 Å². The second kappa shape index (κ2) is 11.3. The topological polar surface area (TPSA) is 70.7 Å². The van der Waals surface area contributed by atoms with Crippen molar-refractivity contribution >= 4 is 34.9 Å². The van der Waals surface area contributed by atoms with E-state index in [0.29, 0.717) is 29.3 Å². The highest BCUT2D eigenvalue weighted by Crippen LogP contribution is 2.32. The molecule has 0 saturated heterocycles. The predicted molar refractivity (Wildman–Crippen MR) is 139 cm³/mol. The van der Waals surface area contributed by atoms with Crippen molar-refractivity contribution < 1.29 is 14.3 Å². The van der Waals surface area contributed by atoms with Crippen LogP contribution in [-0.4, -0.2) is 34.5 Å². The summed E-state index contributed by atoms with van der Waals surface area (Å²) in [5.41, 5.74) is 3.88. The number of hydrogen-bond donors (Lipinski definition) is 2. The van der Waals surface area contributed by atoms with Gasteiger partial charge in [0.2, 0.25) is 5.91 Å². The van der Waals surface area contributed by atoms with E-state index in [1.165, 1.54) is 0 Å². The Morgan fingerprint density at radius 1 is 1.09 bits per heavy atom. The van der Waals surface area contributed by atoms with Crippen molar-refractivity contribution in [1.29, 1.82) is 0 Å². The lowest BCUT2D eigenvalue weighted by Crippen LogP contribution is -2.47. The maximum atomic E-state index is 13.0. The quantitative estimate of drug-likeness (QED) is 0.396. The van der Waals surface area contributed by atoms with Crippen molar-refractivity contribution in [2.24, 2.45) is 0 Å². The average Bonchev–Trinajstić information content (AvgIpc) is 2.80. The minimum Gasteiger partial charge on any atom is -0.459 e. The van der Waals surface area contributed by atoms with Gasteiger partial charge in [-0.3, -0.25) is 4.79 Å². The van der Waals surface area contributed by atoms with Crippen molar-refractivity contribution in [1.82, 2.24) is 10.2 Å². The SMILES string of the molecule is CC[C@H](C(=O)Nc1ccc([C@H]2NC(=S)N(CC)C(C)=C2C(=O)OC(C)C)cc1)c1ccccc1. The zero-order chi connectivity index (χ0) is 24.8. The van der Waals surface area contributed by atoms with Crippen LogP contribution in [0.3, 0.4) is 0 Å². The highest BCUT2D eigenvalue weighted by Gasteiger charge is 2.34. The summed E-state index contributed by atoms with van der Waals surface area (Å²) in [4.78, 5) is 27.8. The van der Waals surface area contributed by atoms with E-state index in [2.05, 4.69) is 10.6 Å². The van der Waals surface area contributed by atoms with Crippen molar-refractivity contribution in [3.8, 4) is 0 Å². The number of ether oxygens (including phenoxy) is 1. The first kappa shape index (κ1) is 25.4. The smallest absolute Gasteiger partial charge is 0.338 e. The normalized spacial score (nSPS) is 16.8. The number of nitrogens with zero attached hydrogens (tertiary/aromatic N) is 1. The van der Waals surface area contributed by atoms with Crippen molar-refractivity contribution in [2.45, 2.75) is 59.1 Å². The van der Waals surface area contributed by atoms with E-state index in [-0.39, 0.29) is 23.9 Å². The van der Waals surface area contributed by atoms with Gasteiger partial charge in [-0.1, -0.05) is 49.4 Å². The molecule has 0 aromatic heterocycles. The van der Waals surface area contributed by atoms with Crippen LogP contribution in [-0.2, 0) is 14.3 Å². The van der Waals surface area contributed by atoms with Gasteiger partial charge >= 0.3 is 5.97 Å². The van der Waals surface area contributed by atoms with Gasteiger partial charge in [-0.15, -0.1) is 0 Å². The molecular formula is C27H33N3O3S. The number of anilines is 1. The Morgan fingerprint density at radius 2 is 1.74 bits per heavy atom. The fourth-order valence-corrected chi connectivity index (χ4v) is 4.58. The molecule has 34 heavy (non-hydrogen) atoms. The monoisotopic (exact) mass is 479 g/mol. The van der Waals surface area contributed by atoms with E-state index in [4.69, 9.17) is 17.0 Å². The van der Waals surface area contributed by atoms with Crippen LogP contribution in [0.2, 0.25) is 0 Å². The van der Waals surface area contributed by atoms with E-state index in [1.807, 2.05) is 94.1 Å². The number of nitrogens with one attached hydrogen (secondary N) is 2. The summed E-state index contributed by atoms with van der Waals surface area (Å²) in [6.07, 6.45) is 0.475. The number of rotatable bonds is 8. The number of hydrogen-bond acceptors (Lipinski definition) is 4. The van der Waals surface area contributed by atoms with Gasteiger partial charge in [0.1, 0.15) is 0 Å². The maximum Gasteiger partial charge on any atom is 0.338 e. The van der Waals surface area contributed by atoms with Gasteiger partial charge < -0.3 is 20.3 Å². The molecule has 2 aromatic rings. The zero-order valence-corrected chi connectivity index (χ0v) is 21.2. The molecule has 0 radical (unpaired) electrons. The minimum absolute atomic E-state index is 0.0473. The third kappa shape index (κ3) is 5.65. The van der Waals surface area contributed by atoms with Gasteiger partial charge in [0.05, 0.1) is 23.6 Å². The molecule has 1 aliphatic heterocycles. The summed E-state index contributed by atoms with van der Waals surface area (Å²) in [6.45, 7) is 10.2. The Hall–Kier alpha value is -3.19. The largest absolute Gasteiger partial charge is 0.459 e. The molecule has 0 spiro atoms. The third-order valence-electron chi connectivity index (χ3n) is 5.91. The molecule has 2 N–H and O–H groups in total. The van der Waals surface area contributed by atoms with Gasteiger partial charge in [0, 0.05) is 17.9 Å². The highest BCUT2D eigenvalue weighted by molar-refractivity contribution is 7.80. The second-order valence-electron chi connectivity index (χ2n) is 8.56. The Kier molecular flexibility index (Phi) is 8.45. The van der Waals surface area contributed by atoms with Crippen LogP contribution >= 0.6 is 12.2 Å². The molecule has 0 bridgehead atoms. The Morgan fingerprint density at radius 3 is 2.29 bits per heavy atom. The van der Waals surface area contributed by atoms with Crippen molar-refractivity contribution in [3.05, 3.63) is 77.0 Å². The van der Waals surface area contributed by atoms with Crippen molar-refractivity contribution in [2.75, 3.05) is 11.9 Å². The number of allylic oxidation sites excluding steroid dienone is 1. The van der Waals surface area contributed by atoms with Gasteiger partial charge in [-0.2, -0.15) is 0 Å². The number of carbonyl (C=O) groups excluding carboxylic acids is 2. The maximum absolute atomic E-state index is 13.0. The summed E-state index contributed by atoms with van der Waals surface area (Å²) >= 11 is 5.55. The molecule has 7 heteroatoms. The predicted octanol–water partition coefficient (Wildman–Crippen LogP) is 5.30. The molecule has 180 valence electrons. The summed E-state index contributed by atoms with van der Waals surface area (Å²) in [5, 5.41) is 6.87. The van der Waals surface area contributed by atoms with Crippen molar-refractivity contribution in [3.63, 3.8) is 0 Å². The Labute approximate surface area is 207 Å². The number of benzene rings is 2. The summed E-state index contributed by atoms with van der Waals surface area (Å²) in [7, 11) is 0. The molecular weight excluding hydrogens is 446 g/mol. The van der Waals surface area contributed by atoms with Gasteiger partial charge in [0.15, 0.2) is 5.11 Å². The molecule has 2 aromatic carbocycles. The lowest BCUT2D eigenvalue weighted by atomic mass is 9.94. The first-order valence-electron chi connectivity index (χ1n) is 11.7. The summed E-state index contributed by atoms with van der Waals surface area (Å²) < 4.78 is 5.53. The lowest BCUT2D eigenvalue weighted by molar-refractivity contribution is -0.143. The lowest BCUT2D eigenvalue weighted by Gasteiger charge is -2.37. The van der Waals surface area contributed by atoms with Gasteiger partial charge in [0.25, 0.3) is 0 Å². The van der Waals surface area contributed by atoms with Crippen LogP contribution in [0.4, 0.5) is 5.69 Å². The molecule has 1 aliphatic rings. The molecule has 1 heterocycles. The van der Waals surface area contributed by atoms with Crippen LogP contribution < -0.4 is 10.6 Å². The van der Waals surface area contributed by atoms with Crippen LogP contribution in [0.5, 0.6) is 0 Å². The molecule has 3 rings (SSSR count). The van der Waals surface area contributed by atoms with E-state index < -0.39 is 6.04 Å². The van der Waals surface area contributed by atoms with Crippen LogP contribution in [0.25, 0.3) is 0 Å². The summed E-state index contributed by atoms with van der Waals surface area (Å²) in [6, 6.07) is 16.8. The second-order valence-corrected chi connectivity index (χ2v) is 8.95. The van der Waals surface area contributed by atoms with E-state index in [1.54, 1.807) is 0 Å². The van der Waals surface area contributed by atoms with Gasteiger partial charge in [-0.05, 0) is 69.6 Å². The minimum atomic E-state index is -0.431. The van der Waals surface area contributed by atoms with E-state index >= 15 is 0 Å². The first-order chi connectivity index (χ1) is 16.3. The van der Waals surface area contributed by atoms with Gasteiger partial charge in [-0.25, -0.2) is 4.79 Å². The first-order valence-corrected chi connectivity index (χ1v) is 12.1. The van der Waals surface area contributed by atoms with Crippen LogP contribution in [0.1, 0.15) is 64.1 Å². The zero-order valence-electron chi connectivity index (χ0n) is 20.4. The fourth-order valence-electron chi connectivity index (χ4n) is 4.20.